The number of thioether (sulfide) groups is 1. The molecule has 1 aliphatic rings. The number of rotatable bonds is 6. The number of aryl methyl sites for hydroxylation is 1. The van der Waals surface area contributed by atoms with Crippen LogP contribution in [0.5, 0.6) is 0 Å². The minimum Gasteiger partial charge on any atom is -0.314 e. The van der Waals surface area contributed by atoms with E-state index in [1.165, 1.54) is 50.6 Å². The molecule has 0 radical (unpaired) electrons. The Balaban J connectivity index is 1.56. The van der Waals surface area contributed by atoms with Crippen molar-refractivity contribution in [1.29, 1.82) is 0 Å². The predicted molar refractivity (Wildman–Crippen MR) is 82.3 cm³/mol. The highest BCUT2D eigenvalue weighted by Gasteiger charge is 2.19. The zero-order chi connectivity index (χ0) is 12.6. The maximum atomic E-state index is 3.73. The summed E-state index contributed by atoms with van der Waals surface area (Å²) in [5.41, 5.74) is 1.46. The van der Waals surface area contributed by atoms with E-state index in [0.29, 0.717) is 0 Å². The smallest absolute Gasteiger partial charge is 0.00678 e. The third-order valence-corrected chi connectivity index (χ3v) is 5.06. The fourth-order valence-electron chi connectivity index (χ4n) is 2.75. The fraction of sp³-hybridized carbons (Fsp3) is 0.625. The SMILES string of the molecule is CSC1CCC(NCCCc2ccccc2)CC1. The van der Waals surface area contributed by atoms with Crippen LogP contribution in [0.2, 0.25) is 0 Å². The van der Waals surface area contributed by atoms with E-state index in [4.69, 9.17) is 0 Å². The van der Waals surface area contributed by atoms with Crippen LogP contribution in [0.1, 0.15) is 37.7 Å². The van der Waals surface area contributed by atoms with E-state index in [1.54, 1.807) is 0 Å². The molecule has 1 N–H and O–H groups in total. The van der Waals surface area contributed by atoms with E-state index in [1.807, 2.05) is 11.8 Å². The summed E-state index contributed by atoms with van der Waals surface area (Å²) in [6, 6.07) is 11.6. The topological polar surface area (TPSA) is 12.0 Å². The molecule has 1 aromatic carbocycles. The number of benzene rings is 1. The number of hydrogen-bond donors (Lipinski definition) is 1. The van der Waals surface area contributed by atoms with Gasteiger partial charge in [-0.25, -0.2) is 0 Å². The normalized spacial score (nSPS) is 24.1. The van der Waals surface area contributed by atoms with E-state index < -0.39 is 0 Å². The fourth-order valence-corrected chi connectivity index (χ4v) is 3.49. The Hall–Kier alpha value is -0.470. The molecule has 0 saturated heterocycles. The molecule has 100 valence electrons. The van der Waals surface area contributed by atoms with Crippen molar-refractivity contribution in [3.63, 3.8) is 0 Å². The molecule has 0 aromatic heterocycles. The summed E-state index contributed by atoms with van der Waals surface area (Å²) in [7, 11) is 0. The van der Waals surface area contributed by atoms with Crippen molar-refractivity contribution in [2.75, 3.05) is 12.8 Å². The van der Waals surface area contributed by atoms with Crippen molar-refractivity contribution < 1.29 is 0 Å². The zero-order valence-electron chi connectivity index (χ0n) is 11.4. The average Bonchev–Trinajstić information content (AvgIpc) is 2.45. The Bertz CT molecular complexity index is 317. The van der Waals surface area contributed by atoms with Gasteiger partial charge in [-0.2, -0.15) is 11.8 Å². The van der Waals surface area contributed by atoms with Gasteiger partial charge in [0.25, 0.3) is 0 Å². The first kappa shape index (κ1) is 14.0. The first-order chi connectivity index (χ1) is 8.88. The van der Waals surface area contributed by atoms with Gasteiger partial charge in [0.15, 0.2) is 0 Å². The monoisotopic (exact) mass is 263 g/mol. The second kappa shape index (κ2) is 7.85. The van der Waals surface area contributed by atoms with Crippen LogP contribution in [0.3, 0.4) is 0 Å². The van der Waals surface area contributed by atoms with Gasteiger partial charge in [0.05, 0.1) is 0 Å². The summed E-state index contributed by atoms with van der Waals surface area (Å²) in [4.78, 5) is 0. The average molecular weight is 263 g/mol. The number of hydrogen-bond acceptors (Lipinski definition) is 2. The maximum absolute atomic E-state index is 3.73. The van der Waals surface area contributed by atoms with Gasteiger partial charge in [-0.05, 0) is 56.9 Å². The van der Waals surface area contributed by atoms with Gasteiger partial charge in [0.2, 0.25) is 0 Å². The van der Waals surface area contributed by atoms with Crippen molar-refractivity contribution >= 4 is 11.8 Å². The molecule has 1 aromatic rings. The van der Waals surface area contributed by atoms with Gasteiger partial charge < -0.3 is 5.32 Å². The van der Waals surface area contributed by atoms with E-state index >= 15 is 0 Å². The highest BCUT2D eigenvalue weighted by atomic mass is 32.2. The summed E-state index contributed by atoms with van der Waals surface area (Å²) >= 11 is 2.05. The highest BCUT2D eigenvalue weighted by molar-refractivity contribution is 7.99. The molecule has 2 rings (SSSR count). The van der Waals surface area contributed by atoms with Crippen molar-refractivity contribution in [3.8, 4) is 0 Å². The Morgan fingerprint density at radius 2 is 1.83 bits per heavy atom. The van der Waals surface area contributed by atoms with Gasteiger partial charge in [0, 0.05) is 11.3 Å². The minimum absolute atomic E-state index is 0.782. The van der Waals surface area contributed by atoms with E-state index in [-0.39, 0.29) is 0 Å². The molecule has 0 amide bonds. The van der Waals surface area contributed by atoms with Crippen LogP contribution >= 0.6 is 11.8 Å². The van der Waals surface area contributed by atoms with Gasteiger partial charge in [-0.1, -0.05) is 30.3 Å². The Morgan fingerprint density at radius 1 is 1.11 bits per heavy atom. The second-order valence-corrected chi connectivity index (χ2v) is 6.39. The minimum atomic E-state index is 0.782. The van der Waals surface area contributed by atoms with Crippen LogP contribution in [0.4, 0.5) is 0 Å². The van der Waals surface area contributed by atoms with Crippen molar-refractivity contribution in [2.45, 2.75) is 49.8 Å². The molecular formula is C16H25NS. The molecule has 2 heteroatoms. The third kappa shape index (κ3) is 4.66. The van der Waals surface area contributed by atoms with Crippen LogP contribution in [-0.4, -0.2) is 24.1 Å². The molecule has 1 fully saturated rings. The summed E-state index contributed by atoms with van der Waals surface area (Å²) in [5.74, 6) is 0. The lowest BCUT2D eigenvalue weighted by Gasteiger charge is -2.28. The van der Waals surface area contributed by atoms with Crippen molar-refractivity contribution in [3.05, 3.63) is 35.9 Å². The van der Waals surface area contributed by atoms with Gasteiger partial charge >= 0.3 is 0 Å². The van der Waals surface area contributed by atoms with E-state index in [0.717, 1.165) is 11.3 Å². The molecule has 0 spiro atoms. The molecule has 0 atom stereocenters. The summed E-state index contributed by atoms with van der Waals surface area (Å²) < 4.78 is 0. The summed E-state index contributed by atoms with van der Waals surface area (Å²) in [6.07, 6.45) is 10.3. The Morgan fingerprint density at radius 3 is 2.50 bits per heavy atom. The van der Waals surface area contributed by atoms with Crippen LogP contribution in [-0.2, 0) is 6.42 Å². The maximum Gasteiger partial charge on any atom is 0.00678 e. The molecular weight excluding hydrogens is 238 g/mol. The first-order valence-electron chi connectivity index (χ1n) is 7.18. The second-order valence-electron chi connectivity index (χ2n) is 5.25. The molecule has 0 aliphatic heterocycles. The summed E-state index contributed by atoms with van der Waals surface area (Å²) in [6.45, 7) is 1.17. The van der Waals surface area contributed by atoms with Crippen LogP contribution < -0.4 is 5.32 Å². The first-order valence-corrected chi connectivity index (χ1v) is 8.47. The molecule has 18 heavy (non-hydrogen) atoms. The Labute approximate surface area is 116 Å². The van der Waals surface area contributed by atoms with Crippen LogP contribution in [0, 0.1) is 0 Å². The lowest BCUT2D eigenvalue weighted by Crippen LogP contribution is -2.34. The zero-order valence-corrected chi connectivity index (χ0v) is 12.2. The predicted octanol–water partition coefficient (Wildman–Crippen LogP) is 3.88. The van der Waals surface area contributed by atoms with Gasteiger partial charge in [-0.15, -0.1) is 0 Å². The molecule has 1 nitrogen and oxygen atoms in total. The van der Waals surface area contributed by atoms with Gasteiger partial charge in [0.1, 0.15) is 0 Å². The van der Waals surface area contributed by atoms with Crippen molar-refractivity contribution in [2.24, 2.45) is 0 Å². The summed E-state index contributed by atoms with van der Waals surface area (Å²) in [5, 5.41) is 4.65. The van der Waals surface area contributed by atoms with Crippen LogP contribution in [0.25, 0.3) is 0 Å². The molecule has 1 saturated carbocycles. The standard InChI is InChI=1S/C16H25NS/c1-18-16-11-9-15(10-12-16)17-13-5-8-14-6-3-2-4-7-14/h2-4,6-7,15-17H,5,8-13H2,1H3. The third-order valence-electron chi connectivity index (χ3n) is 3.93. The van der Waals surface area contributed by atoms with Crippen LogP contribution in [0.15, 0.2) is 30.3 Å². The van der Waals surface area contributed by atoms with Crippen molar-refractivity contribution in [1.82, 2.24) is 5.32 Å². The lowest BCUT2D eigenvalue weighted by molar-refractivity contribution is 0.379. The quantitative estimate of drug-likeness (QED) is 0.782. The molecule has 1 aliphatic carbocycles. The lowest BCUT2D eigenvalue weighted by atomic mass is 9.95. The highest BCUT2D eigenvalue weighted by Crippen LogP contribution is 2.26. The van der Waals surface area contributed by atoms with Gasteiger partial charge in [-0.3, -0.25) is 0 Å². The molecule has 0 unspecified atom stereocenters. The molecule has 0 heterocycles. The van der Waals surface area contributed by atoms with E-state index in [9.17, 15) is 0 Å². The Kier molecular flexibility index (Phi) is 6.09. The number of nitrogens with one attached hydrogen (secondary N) is 1. The molecule has 0 bridgehead atoms. The largest absolute Gasteiger partial charge is 0.314 e. The van der Waals surface area contributed by atoms with E-state index in [2.05, 4.69) is 41.9 Å².